The number of nitrogens with one attached hydrogen (secondary N) is 1. The van der Waals surface area contributed by atoms with Crippen LogP contribution in [0.4, 0.5) is 4.79 Å². The van der Waals surface area contributed by atoms with Gasteiger partial charge in [0.15, 0.2) is 0 Å². The molecule has 4 nitrogen and oxygen atoms in total. The van der Waals surface area contributed by atoms with Gasteiger partial charge in [-0.25, -0.2) is 4.79 Å². The van der Waals surface area contributed by atoms with E-state index in [1.54, 1.807) is 26.8 Å². The molecule has 20 heavy (non-hydrogen) atoms. The molecule has 0 aromatic heterocycles. The maximum atomic E-state index is 11.6. The van der Waals surface area contributed by atoms with Crippen LogP contribution in [0.5, 0.6) is 0 Å². The van der Waals surface area contributed by atoms with Gasteiger partial charge in [-0.1, -0.05) is 27.5 Å². The third kappa shape index (κ3) is 5.92. The van der Waals surface area contributed by atoms with E-state index in [9.17, 15) is 9.59 Å². The lowest BCUT2D eigenvalue weighted by Gasteiger charge is -2.21. The van der Waals surface area contributed by atoms with E-state index in [4.69, 9.17) is 16.3 Å². The molecule has 1 aromatic rings. The Balaban J connectivity index is 2.70. The number of alkyl carbamates (subject to hydrolysis) is 1. The Labute approximate surface area is 132 Å². The van der Waals surface area contributed by atoms with Crippen molar-refractivity contribution in [1.82, 2.24) is 5.32 Å². The zero-order valence-corrected chi connectivity index (χ0v) is 13.9. The molecule has 0 aliphatic heterocycles. The Morgan fingerprint density at radius 1 is 1.50 bits per heavy atom. The summed E-state index contributed by atoms with van der Waals surface area (Å²) in [5.74, 6) is 0. The molecular formula is C14H17BrClNO3. The average molecular weight is 363 g/mol. The number of hydrogen-bond acceptors (Lipinski definition) is 3. The van der Waals surface area contributed by atoms with Crippen LogP contribution in [0.25, 0.3) is 0 Å². The molecule has 1 unspecified atom stereocenters. The maximum Gasteiger partial charge on any atom is 0.408 e. The van der Waals surface area contributed by atoms with E-state index in [0.29, 0.717) is 17.7 Å². The highest BCUT2D eigenvalue weighted by molar-refractivity contribution is 9.10. The van der Waals surface area contributed by atoms with Crippen molar-refractivity contribution >= 4 is 39.9 Å². The summed E-state index contributed by atoms with van der Waals surface area (Å²) < 4.78 is 5.97. The number of amides is 1. The molecule has 1 atom stereocenters. The average Bonchev–Trinajstić information content (AvgIpc) is 2.30. The van der Waals surface area contributed by atoms with Crippen molar-refractivity contribution in [3.8, 4) is 0 Å². The Morgan fingerprint density at radius 2 is 2.15 bits per heavy atom. The number of aldehydes is 1. The zero-order valence-electron chi connectivity index (χ0n) is 11.6. The molecule has 1 aromatic carbocycles. The van der Waals surface area contributed by atoms with E-state index in [2.05, 4.69) is 21.2 Å². The van der Waals surface area contributed by atoms with Crippen LogP contribution >= 0.6 is 27.5 Å². The van der Waals surface area contributed by atoms with E-state index in [0.717, 1.165) is 10.0 Å². The molecule has 0 bridgehead atoms. The topological polar surface area (TPSA) is 55.4 Å². The normalized spacial score (nSPS) is 12.7. The minimum Gasteiger partial charge on any atom is -0.444 e. The van der Waals surface area contributed by atoms with Gasteiger partial charge in [-0.2, -0.15) is 0 Å². The molecule has 0 heterocycles. The summed E-state index contributed by atoms with van der Waals surface area (Å²) >= 11 is 9.40. The summed E-state index contributed by atoms with van der Waals surface area (Å²) in [6, 6.07) is 4.67. The predicted molar refractivity (Wildman–Crippen MR) is 82.1 cm³/mol. The Bertz CT molecular complexity index is 500. The fraction of sp³-hybridized carbons (Fsp3) is 0.429. The first kappa shape index (κ1) is 17.0. The fourth-order valence-corrected chi connectivity index (χ4v) is 2.13. The molecule has 1 N–H and O–H groups in total. The zero-order chi connectivity index (χ0) is 15.3. The molecule has 0 saturated carbocycles. The van der Waals surface area contributed by atoms with E-state index < -0.39 is 17.7 Å². The van der Waals surface area contributed by atoms with Crippen LogP contribution in [0.2, 0.25) is 5.02 Å². The molecule has 1 rings (SSSR count). The first-order valence-electron chi connectivity index (χ1n) is 6.10. The second-order valence-corrected chi connectivity index (χ2v) is 6.65. The number of halogens is 2. The number of carbonyl (C=O) groups excluding carboxylic acids is 2. The summed E-state index contributed by atoms with van der Waals surface area (Å²) in [7, 11) is 0. The predicted octanol–water partition coefficient (Wildman–Crippen LogP) is 3.74. The first-order chi connectivity index (χ1) is 9.21. The summed E-state index contributed by atoms with van der Waals surface area (Å²) in [4.78, 5) is 22.7. The van der Waals surface area contributed by atoms with Gasteiger partial charge in [-0.15, -0.1) is 0 Å². The van der Waals surface area contributed by atoms with Gasteiger partial charge >= 0.3 is 6.09 Å². The molecule has 0 spiro atoms. The second kappa shape index (κ2) is 7.09. The van der Waals surface area contributed by atoms with Gasteiger partial charge in [-0.3, -0.25) is 0 Å². The van der Waals surface area contributed by atoms with E-state index in [-0.39, 0.29) is 0 Å². The third-order valence-corrected chi connectivity index (χ3v) is 3.18. The first-order valence-corrected chi connectivity index (χ1v) is 7.27. The summed E-state index contributed by atoms with van der Waals surface area (Å²) in [5.41, 5.74) is 0.166. The third-order valence-electron chi connectivity index (χ3n) is 2.31. The molecule has 0 aliphatic rings. The molecule has 0 aliphatic carbocycles. The minimum atomic E-state index is -0.684. The van der Waals surface area contributed by atoms with Crippen LogP contribution in [0.3, 0.4) is 0 Å². The summed E-state index contributed by atoms with van der Waals surface area (Å²) in [5, 5.41) is 3.06. The molecule has 110 valence electrons. The number of rotatable bonds is 4. The highest BCUT2D eigenvalue weighted by atomic mass is 79.9. The Kier molecular flexibility index (Phi) is 6.02. The van der Waals surface area contributed by atoms with Gasteiger partial charge in [0.1, 0.15) is 11.9 Å². The van der Waals surface area contributed by atoms with Gasteiger partial charge in [-0.05, 0) is 44.5 Å². The van der Waals surface area contributed by atoms with Crippen LogP contribution in [-0.4, -0.2) is 24.0 Å². The monoisotopic (exact) mass is 361 g/mol. The highest BCUT2D eigenvalue weighted by Gasteiger charge is 2.20. The van der Waals surface area contributed by atoms with Crippen molar-refractivity contribution in [2.45, 2.75) is 38.8 Å². The van der Waals surface area contributed by atoms with Gasteiger partial charge in [0.05, 0.1) is 6.04 Å². The van der Waals surface area contributed by atoms with Crippen molar-refractivity contribution < 1.29 is 14.3 Å². The van der Waals surface area contributed by atoms with Crippen molar-refractivity contribution in [2.24, 2.45) is 0 Å². The Hall–Kier alpha value is -1.07. The molecule has 0 saturated heterocycles. The smallest absolute Gasteiger partial charge is 0.408 e. The second-order valence-electron chi connectivity index (χ2n) is 5.33. The molecule has 0 fully saturated rings. The lowest BCUT2D eigenvalue weighted by atomic mass is 10.1. The number of carbonyl (C=O) groups is 2. The molecule has 0 radical (unpaired) electrons. The number of ether oxygens (including phenoxy) is 1. The van der Waals surface area contributed by atoms with Crippen LogP contribution < -0.4 is 5.32 Å². The largest absolute Gasteiger partial charge is 0.444 e. The van der Waals surface area contributed by atoms with Gasteiger partial charge in [0.25, 0.3) is 0 Å². The fourth-order valence-electron chi connectivity index (χ4n) is 1.53. The molecule has 6 heteroatoms. The lowest BCUT2D eigenvalue weighted by molar-refractivity contribution is -0.109. The van der Waals surface area contributed by atoms with Gasteiger partial charge < -0.3 is 14.8 Å². The van der Waals surface area contributed by atoms with E-state index >= 15 is 0 Å². The van der Waals surface area contributed by atoms with Crippen LogP contribution in [-0.2, 0) is 16.0 Å². The van der Waals surface area contributed by atoms with E-state index in [1.165, 1.54) is 0 Å². The van der Waals surface area contributed by atoms with E-state index in [1.807, 2.05) is 12.1 Å². The van der Waals surface area contributed by atoms with Gasteiger partial charge in [0, 0.05) is 15.9 Å². The number of hydrogen-bond donors (Lipinski definition) is 1. The summed E-state index contributed by atoms with van der Waals surface area (Å²) in [6.07, 6.45) is 0.350. The molecule has 1 amide bonds. The molecular weight excluding hydrogens is 346 g/mol. The Morgan fingerprint density at radius 3 is 2.70 bits per heavy atom. The van der Waals surface area contributed by atoms with Crippen molar-refractivity contribution in [1.29, 1.82) is 0 Å². The van der Waals surface area contributed by atoms with Crippen LogP contribution in [0, 0.1) is 0 Å². The van der Waals surface area contributed by atoms with Crippen molar-refractivity contribution in [2.75, 3.05) is 0 Å². The quantitative estimate of drug-likeness (QED) is 0.830. The lowest BCUT2D eigenvalue weighted by Crippen LogP contribution is -2.41. The van der Waals surface area contributed by atoms with Crippen molar-refractivity contribution in [3.63, 3.8) is 0 Å². The highest BCUT2D eigenvalue weighted by Crippen LogP contribution is 2.22. The van der Waals surface area contributed by atoms with Crippen molar-refractivity contribution in [3.05, 3.63) is 33.3 Å². The van der Waals surface area contributed by atoms with Crippen LogP contribution in [0.1, 0.15) is 26.3 Å². The standard InChI is InChI=1S/C14H17BrClNO3/c1-14(2,3)20-13(19)17-11(8-18)7-9-6-10(15)4-5-12(9)16/h4-6,8,11H,7H2,1-3H3,(H,17,19). The summed E-state index contributed by atoms with van der Waals surface area (Å²) in [6.45, 7) is 5.27. The van der Waals surface area contributed by atoms with Gasteiger partial charge in [0.2, 0.25) is 0 Å². The minimum absolute atomic E-state index is 0.307. The SMILES string of the molecule is CC(C)(C)OC(=O)NC(C=O)Cc1cc(Br)ccc1Cl. The van der Waals surface area contributed by atoms with Crippen LogP contribution in [0.15, 0.2) is 22.7 Å². The maximum absolute atomic E-state index is 11.6. The number of benzene rings is 1.